The molecule has 2 atom stereocenters. The van der Waals surface area contributed by atoms with Crippen LogP contribution in [0.25, 0.3) is 0 Å². The van der Waals surface area contributed by atoms with E-state index < -0.39 is 0 Å². The van der Waals surface area contributed by atoms with E-state index in [9.17, 15) is 0 Å². The van der Waals surface area contributed by atoms with E-state index in [1.807, 2.05) is 0 Å². The first-order valence-electron chi connectivity index (χ1n) is 7.43. The van der Waals surface area contributed by atoms with Crippen LogP contribution in [-0.2, 0) is 4.74 Å². The van der Waals surface area contributed by atoms with Crippen LogP contribution >= 0.6 is 11.6 Å². The van der Waals surface area contributed by atoms with Gasteiger partial charge in [0.05, 0.1) is 11.7 Å². The third kappa shape index (κ3) is 3.61. The van der Waals surface area contributed by atoms with Crippen molar-refractivity contribution in [2.75, 3.05) is 0 Å². The van der Waals surface area contributed by atoms with Crippen molar-refractivity contribution in [3.05, 3.63) is 0 Å². The van der Waals surface area contributed by atoms with Crippen molar-refractivity contribution in [3.8, 4) is 0 Å². The minimum absolute atomic E-state index is 0.280. The van der Waals surface area contributed by atoms with E-state index in [0.29, 0.717) is 17.4 Å². The molecule has 0 aromatic carbocycles. The smallest absolute Gasteiger partial charge is 0.0687 e. The number of alkyl halides is 1. The Bertz CT molecular complexity index is 233. The van der Waals surface area contributed by atoms with Gasteiger partial charge in [-0.2, -0.15) is 0 Å². The second kappa shape index (κ2) is 5.93. The fraction of sp³-hybridized carbons (Fsp3) is 1.00. The normalized spacial score (nSPS) is 30.0. The number of hydrogen-bond acceptors (Lipinski definition) is 1. The third-order valence-electron chi connectivity index (χ3n) is 4.59. The van der Waals surface area contributed by atoms with Crippen LogP contribution in [0.1, 0.15) is 71.6 Å². The van der Waals surface area contributed by atoms with Gasteiger partial charge in [0.2, 0.25) is 0 Å². The van der Waals surface area contributed by atoms with Crippen LogP contribution in [0.5, 0.6) is 0 Å². The molecule has 2 fully saturated rings. The molecule has 2 rings (SSSR count). The van der Waals surface area contributed by atoms with Crippen LogP contribution in [0.3, 0.4) is 0 Å². The number of ether oxygens (including phenoxy) is 1. The highest BCUT2D eigenvalue weighted by Gasteiger charge is 2.40. The van der Waals surface area contributed by atoms with Gasteiger partial charge in [0.15, 0.2) is 0 Å². The average Bonchev–Trinajstić information content (AvgIpc) is 2.70. The van der Waals surface area contributed by atoms with Crippen molar-refractivity contribution in [2.45, 2.75) is 88.7 Å². The molecule has 0 amide bonds. The molecule has 1 aliphatic carbocycles. The summed E-state index contributed by atoms with van der Waals surface area (Å²) >= 11 is 6.32. The standard InChI is InChI=1S/C15H27ClO/c1-12(2)14(16)7-6-13-8-11-15(17-13)9-4-3-5-10-15/h12-14H,3-11H2,1-2H3. The van der Waals surface area contributed by atoms with Gasteiger partial charge in [-0.1, -0.05) is 33.1 Å². The lowest BCUT2D eigenvalue weighted by molar-refractivity contribution is -0.0661. The first-order chi connectivity index (χ1) is 8.11. The van der Waals surface area contributed by atoms with Crippen LogP contribution in [0.4, 0.5) is 0 Å². The minimum atomic E-state index is 0.280. The zero-order chi connectivity index (χ0) is 12.3. The molecular weight excluding hydrogens is 232 g/mol. The quantitative estimate of drug-likeness (QED) is 0.651. The van der Waals surface area contributed by atoms with Crippen molar-refractivity contribution in [3.63, 3.8) is 0 Å². The van der Waals surface area contributed by atoms with Crippen LogP contribution < -0.4 is 0 Å². The number of halogens is 1. The second-order valence-corrected chi connectivity index (χ2v) is 6.92. The Labute approximate surface area is 111 Å². The van der Waals surface area contributed by atoms with E-state index >= 15 is 0 Å². The van der Waals surface area contributed by atoms with Gasteiger partial charge in [0.1, 0.15) is 0 Å². The van der Waals surface area contributed by atoms with Gasteiger partial charge in [-0.05, 0) is 44.4 Å². The SMILES string of the molecule is CC(C)C(Cl)CCC1CCC2(CCCCC2)O1. The first-order valence-corrected chi connectivity index (χ1v) is 7.87. The summed E-state index contributed by atoms with van der Waals surface area (Å²) in [5, 5.41) is 0.321. The summed E-state index contributed by atoms with van der Waals surface area (Å²) in [7, 11) is 0. The zero-order valence-corrected chi connectivity index (χ0v) is 12.1. The van der Waals surface area contributed by atoms with Gasteiger partial charge in [-0.25, -0.2) is 0 Å². The molecular formula is C15H27ClO. The van der Waals surface area contributed by atoms with Gasteiger partial charge < -0.3 is 4.74 Å². The maximum absolute atomic E-state index is 6.36. The molecule has 0 aromatic heterocycles. The predicted octanol–water partition coefficient (Wildman–Crippen LogP) is 4.91. The van der Waals surface area contributed by atoms with E-state index in [0.717, 1.165) is 12.8 Å². The first kappa shape index (κ1) is 13.7. The number of hydrogen-bond donors (Lipinski definition) is 0. The lowest BCUT2D eigenvalue weighted by atomic mass is 9.83. The highest BCUT2D eigenvalue weighted by Crippen LogP contribution is 2.43. The molecule has 0 bridgehead atoms. The van der Waals surface area contributed by atoms with Gasteiger partial charge >= 0.3 is 0 Å². The molecule has 2 unspecified atom stereocenters. The molecule has 17 heavy (non-hydrogen) atoms. The third-order valence-corrected chi connectivity index (χ3v) is 5.31. The number of rotatable bonds is 4. The van der Waals surface area contributed by atoms with E-state index in [2.05, 4.69) is 13.8 Å². The predicted molar refractivity (Wildman–Crippen MR) is 73.6 cm³/mol. The van der Waals surface area contributed by atoms with Crippen LogP contribution in [0.2, 0.25) is 0 Å². The van der Waals surface area contributed by atoms with E-state index in [1.165, 1.54) is 44.9 Å². The van der Waals surface area contributed by atoms with Crippen molar-refractivity contribution in [1.29, 1.82) is 0 Å². The van der Waals surface area contributed by atoms with Gasteiger partial charge in [0, 0.05) is 5.38 Å². The molecule has 1 heterocycles. The van der Waals surface area contributed by atoms with Crippen molar-refractivity contribution in [2.24, 2.45) is 5.92 Å². The summed E-state index contributed by atoms with van der Waals surface area (Å²) in [4.78, 5) is 0. The Hall–Kier alpha value is 0.250. The maximum atomic E-state index is 6.36. The van der Waals surface area contributed by atoms with E-state index in [1.54, 1.807) is 0 Å². The van der Waals surface area contributed by atoms with Gasteiger partial charge in [-0.3, -0.25) is 0 Å². The summed E-state index contributed by atoms with van der Waals surface area (Å²) in [6.07, 6.45) is 12.1. The lowest BCUT2D eigenvalue weighted by Gasteiger charge is -2.33. The van der Waals surface area contributed by atoms with Gasteiger partial charge in [0.25, 0.3) is 0 Å². The van der Waals surface area contributed by atoms with Crippen molar-refractivity contribution in [1.82, 2.24) is 0 Å². The Morgan fingerprint density at radius 1 is 1.18 bits per heavy atom. The molecule has 100 valence electrons. The van der Waals surface area contributed by atoms with Crippen LogP contribution in [0, 0.1) is 5.92 Å². The second-order valence-electron chi connectivity index (χ2n) is 6.36. The summed E-state index contributed by atoms with van der Waals surface area (Å²) in [5.41, 5.74) is 0.280. The molecule has 1 saturated carbocycles. The maximum Gasteiger partial charge on any atom is 0.0687 e. The largest absolute Gasteiger partial charge is 0.372 e. The van der Waals surface area contributed by atoms with Crippen LogP contribution in [-0.4, -0.2) is 17.1 Å². The van der Waals surface area contributed by atoms with Gasteiger partial charge in [-0.15, -0.1) is 11.6 Å². The highest BCUT2D eigenvalue weighted by molar-refractivity contribution is 6.20. The fourth-order valence-electron chi connectivity index (χ4n) is 3.34. The summed E-state index contributed by atoms with van der Waals surface area (Å²) in [6.45, 7) is 4.41. The highest BCUT2D eigenvalue weighted by atomic mass is 35.5. The topological polar surface area (TPSA) is 9.23 Å². The van der Waals surface area contributed by atoms with Crippen molar-refractivity contribution < 1.29 is 4.74 Å². The van der Waals surface area contributed by atoms with E-state index in [4.69, 9.17) is 16.3 Å². The molecule has 1 aliphatic heterocycles. The lowest BCUT2D eigenvalue weighted by Crippen LogP contribution is -2.31. The van der Waals surface area contributed by atoms with Crippen molar-refractivity contribution >= 4 is 11.6 Å². The van der Waals surface area contributed by atoms with Crippen LogP contribution in [0.15, 0.2) is 0 Å². The summed E-state index contributed by atoms with van der Waals surface area (Å²) < 4.78 is 6.36. The Morgan fingerprint density at radius 2 is 1.88 bits per heavy atom. The molecule has 2 aliphatic rings. The molecule has 2 heteroatoms. The minimum Gasteiger partial charge on any atom is -0.372 e. The summed E-state index contributed by atoms with van der Waals surface area (Å²) in [6, 6.07) is 0. The Morgan fingerprint density at radius 3 is 2.53 bits per heavy atom. The average molecular weight is 259 g/mol. The Balaban J connectivity index is 1.74. The molecule has 0 radical (unpaired) electrons. The zero-order valence-electron chi connectivity index (χ0n) is 11.4. The Kier molecular flexibility index (Phi) is 4.77. The summed E-state index contributed by atoms with van der Waals surface area (Å²) in [5.74, 6) is 0.585. The molecule has 1 spiro atoms. The van der Waals surface area contributed by atoms with E-state index in [-0.39, 0.29) is 5.60 Å². The molecule has 0 N–H and O–H groups in total. The fourth-order valence-corrected chi connectivity index (χ4v) is 3.47. The monoisotopic (exact) mass is 258 g/mol. The molecule has 1 nitrogen and oxygen atoms in total. The molecule has 0 aromatic rings. The molecule has 1 saturated heterocycles.